The molecule has 0 aliphatic carbocycles. The Morgan fingerprint density at radius 3 is 2.26 bits per heavy atom. The first-order valence-electron chi connectivity index (χ1n) is 6.77. The van der Waals surface area contributed by atoms with Gasteiger partial charge in [-0.1, -0.05) is 13.0 Å². The monoisotopic (exact) mass is 262 g/mol. The largest absolute Gasteiger partial charge is 0.490 e. The smallest absolute Gasteiger partial charge is 0.188 e. The number of Topliss-reactive ketones (excluding diaryl/α,β-unsaturated/α-hetero) is 1. The number of hydrogen-bond acceptors (Lipinski definition) is 3. The molecule has 0 unspecified atom stereocenters. The van der Waals surface area contributed by atoms with Crippen molar-refractivity contribution in [3.8, 4) is 11.5 Å². The Morgan fingerprint density at radius 2 is 1.74 bits per heavy atom. The predicted molar refractivity (Wildman–Crippen MR) is 77.2 cm³/mol. The minimum atomic E-state index is 0.0500. The highest BCUT2D eigenvalue weighted by molar-refractivity contribution is 6.08. The van der Waals surface area contributed by atoms with Crippen LogP contribution < -0.4 is 9.47 Å². The van der Waals surface area contributed by atoms with Crippen LogP contribution in [-0.2, 0) is 0 Å². The van der Waals surface area contributed by atoms with Crippen LogP contribution in [0.4, 0.5) is 0 Å². The van der Waals surface area contributed by atoms with Crippen molar-refractivity contribution in [2.45, 2.75) is 34.1 Å². The van der Waals surface area contributed by atoms with Gasteiger partial charge in [-0.05, 0) is 51.0 Å². The number of hydrogen-bond donors (Lipinski definition) is 0. The van der Waals surface area contributed by atoms with E-state index in [-0.39, 0.29) is 5.78 Å². The summed E-state index contributed by atoms with van der Waals surface area (Å²) in [7, 11) is 0. The summed E-state index contributed by atoms with van der Waals surface area (Å²) in [6.45, 7) is 8.81. The van der Waals surface area contributed by atoms with Gasteiger partial charge < -0.3 is 9.47 Å². The van der Waals surface area contributed by atoms with Crippen molar-refractivity contribution in [2.75, 3.05) is 13.2 Å². The first-order valence-corrected chi connectivity index (χ1v) is 6.77. The second-order valence-electron chi connectivity index (χ2n) is 4.02. The Hall–Kier alpha value is -1.77. The van der Waals surface area contributed by atoms with E-state index >= 15 is 0 Å². The van der Waals surface area contributed by atoms with E-state index < -0.39 is 0 Å². The molecule has 0 radical (unpaired) electrons. The SMILES string of the molecule is C/C=C(\CC)C(=O)c1ccc(OCC)c(OCC)c1. The molecule has 0 saturated carbocycles. The highest BCUT2D eigenvalue weighted by atomic mass is 16.5. The van der Waals surface area contributed by atoms with E-state index in [2.05, 4.69) is 0 Å². The highest BCUT2D eigenvalue weighted by Gasteiger charge is 2.13. The Kier molecular flexibility index (Phi) is 6.13. The zero-order valence-electron chi connectivity index (χ0n) is 12.2. The van der Waals surface area contributed by atoms with Crippen LogP contribution in [0.5, 0.6) is 11.5 Å². The van der Waals surface area contributed by atoms with E-state index in [1.165, 1.54) is 0 Å². The van der Waals surface area contributed by atoms with Gasteiger partial charge in [-0.25, -0.2) is 0 Å². The maximum absolute atomic E-state index is 12.3. The predicted octanol–water partition coefficient (Wildman–Crippen LogP) is 4.02. The zero-order chi connectivity index (χ0) is 14.3. The highest BCUT2D eigenvalue weighted by Crippen LogP contribution is 2.29. The average molecular weight is 262 g/mol. The van der Waals surface area contributed by atoms with E-state index in [1.807, 2.05) is 33.8 Å². The van der Waals surface area contributed by atoms with Crippen LogP contribution in [0, 0.1) is 0 Å². The number of ether oxygens (including phenoxy) is 2. The second kappa shape index (κ2) is 7.62. The van der Waals surface area contributed by atoms with Crippen LogP contribution in [0.1, 0.15) is 44.5 Å². The van der Waals surface area contributed by atoms with Gasteiger partial charge >= 0.3 is 0 Å². The molecule has 0 aromatic heterocycles. The fourth-order valence-electron chi connectivity index (χ4n) is 1.87. The van der Waals surface area contributed by atoms with Crippen LogP contribution in [0.15, 0.2) is 29.8 Å². The minimum absolute atomic E-state index is 0.0500. The van der Waals surface area contributed by atoms with Gasteiger partial charge in [0.25, 0.3) is 0 Å². The second-order valence-corrected chi connectivity index (χ2v) is 4.02. The summed E-state index contributed by atoms with van der Waals surface area (Å²) < 4.78 is 11.0. The van der Waals surface area contributed by atoms with E-state index in [9.17, 15) is 4.79 Å². The van der Waals surface area contributed by atoms with Crippen LogP contribution in [-0.4, -0.2) is 19.0 Å². The molecular weight excluding hydrogens is 240 g/mol. The molecule has 0 aliphatic rings. The summed E-state index contributed by atoms with van der Waals surface area (Å²) in [5.41, 5.74) is 1.45. The number of carbonyl (C=O) groups is 1. The number of carbonyl (C=O) groups excluding carboxylic acids is 1. The van der Waals surface area contributed by atoms with Crippen molar-refractivity contribution in [2.24, 2.45) is 0 Å². The summed E-state index contributed by atoms with van der Waals surface area (Å²) in [5, 5.41) is 0. The lowest BCUT2D eigenvalue weighted by molar-refractivity contribution is 0.103. The minimum Gasteiger partial charge on any atom is -0.490 e. The lowest BCUT2D eigenvalue weighted by Gasteiger charge is -2.12. The maximum atomic E-state index is 12.3. The molecule has 19 heavy (non-hydrogen) atoms. The molecule has 0 amide bonds. The third-order valence-electron chi connectivity index (χ3n) is 2.83. The molecule has 1 aromatic rings. The van der Waals surface area contributed by atoms with Crippen LogP contribution in [0.2, 0.25) is 0 Å². The first kappa shape index (κ1) is 15.3. The molecule has 1 rings (SSSR count). The molecule has 0 heterocycles. The van der Waals surface area contributed by atoms with Crippen LogP contribution >= 0.6 is 0 Å². The summed E-state index contributed by atoms with van der Waals surface area (Å²) in [6.07, 6.45) is 2.59. The number of ketones is 1. The third kappa shape index (κ3) is 3.85. The molecule has 104 valence electrons. The molecule has 0 N–H and O–H groups in total. The van der Waals surface area contributed by atoms with Crippen LogP contribution in [0.3, 0.4) is 0 Å². The summed E-state index contributed by atoms with van der Waals surface area (Å²) in [6, 6.07) is 5.34. The molecule has 3 heteroatoms. The zero-order valence-corrected chi connectivity index (χ0v) is 12.2. The quantitative estimate of drug-likeness (QED) is 0.550. The van der Waals surface area contributed by atoms with E-state index in [0.29, 0.717) is 30.3 Å². The third-order valence-corrected chi connectivity index (χ3v) is 2.83. The Morgan fingerprint density at radius 1 is 1.11 bits per heavy atom. The van der Waals surface area contributed by atoms with Crippen molar-refractivity contribution in [1.29, 1.82) is 0 Å². The van der Waals surface area contributed by atoms with E-state index in [0.717, 1.165) is 12.0 Å². The van der Waals surface area contributed by atoms with Crippen molar-refractivity contribution >= 4 is 5.78 Å². The van der Waals surface area contributed by atoms with Gasteiger partial charge in [0.1, 0.15) is 0 Å². The fourth-order valence-corrected chi connectivity index (χ4v) is 1.87. The molecule has 0 fully saturated rings. The lowest BCUT2D eigenvalue weighted by Crippen LogP contribution is -2.05. The van der Waals surface area contributed by atoms with E-state index in [4.69, 9.17) is 9.47 Å². The first-order chi connectivity index (χ1) is 9.17. The van der Waals surface area contributed by atoms with Crippen molar-refractivity contribution in [3.05, 3.63) is 35.4 Å². The molecule has 0 saturated heterocycles. The molecule has 0 aliphatic heterocycles. The van der Waals surface area contributed by atoms with Gasteiger partial charge in [0.05, 0.1) is 13.2 Å². The Labute approximate surface area is 115 Å². The average Bonchev–Trinajstić information content (AvgIpc) is 2.42. The number of benzene rings is 1. The summed E-state index contributed by atoms with van der Waals surface area (Å²) >= 11 is 0. The molecule has 3 nitrogen and oxygen atoms in total. The van der Waals surface area contributed by atoms with Gasteiger partial charge in [-0.3, -0.25) is 4.79 Å². The van der Waals surface area contributed by atoms with Crippen molar-refractivity contribution in [3.63, 3.8) is 0 Å². The molecular formula is C16H22O3. The molecule has 0 spiro atoms. The normalized spacial score (nSPS) is 11.3. The van der Waals surface area contributed by atoms with Gasteiger partial charge in [-0.15, -0.1) is 0 Å². The Bertz CT molecular complexity index is 461. The van der Waals surface area contributed by atoms with Gasteiger partial charge in [0.2, 0.25) is 0 Å². The standard InChI is InChI=1S/C16H22O3/c1-5-12(6-2)16(17)13-9-10-14(18-7-3)15(11-13)19-8-4/h5,9-11H,6-8H2,1-4H3/b12-5+. The van der Waals surface area contributed by atoms with Crippen molar-refractivity contribution < 1.29 is 14.3 Å². The number of rotatable bonds is 7. The van der Waals surface area contributed by atoms with Gasteiger partial charge in [-0.2, -0.15) is 0 Å². The summed E-state index contributed by atoms with van der Waals surface area (Å²) in [5.74, 6) is 1.36. The fraction of sp³-hybridized carbons (Fsp3) is 0.438. The van der Waals surface area contributed by atoms with Crippen LogP contribution in [0.25, 0.3) is 0 Å². The lowest BCUT2D eigenvalue weighted by atomic mass is 10.0. The molecule has 0 atom stereocenters. The Balaban J connectivity index is 3.10. The summed E-state index contributed by atoms with van der Waals surface area (Å²) in [4.78, 5) is 12.3. The molecule has 1 aromatic carbocycles. The maximum Gasteiger partial charge on any atom is 0.188 e. The molecule has 0 bridgehead atoms. The topological polar surface area (TPSA) is 35.5 Å². The van der Waals surface area contributed by atoms with E-state index in [1.54, 1.807) is 18.2 Å². The van der Waals surface area contributed by atoms with Crippen molar-refractivity contribution in [1.82, 2.24) is 0 Å². The number of allylic oxidation sites excluding steroid dienone is 2. The van der Waals surface area contributed by atoms with Gasteiger partial charge in [0, 0.05) is 5.56 Å². The van der Waals surface area contributed by atoms with Gasteiger partial charge in [0.15, 0.2) is 17.3 Å².